The molecule has 0 aromatic heterocycles. The van der Waals surface area contributed by atoms with Crippen LogP contribution in [0.15, 0.2) is 0 Å². The molecule has 8 saturated carbocycles. The van der Waals surface area contributed by atoms with Gasteiger partial charge in [0.25, 0.3) is 0 Å². The summed E-state index contributed by atoms with van der Waals surface area (Å²) < 4.78 is 75.0. The molecule has 1 atom stereocenters. The summed E-state index contributed by atoms with van der Waals surface area (Å²) in [7, 11) is -5.63. The van der Waals surface area contributed by atoms with Crippen molar-refractivity contribution in [3.05, 3.63) is 0 Å². The van der Waals surface area contributed by atoms with E-state index in [2.05, 4.69) is 0 Å². The van der Waals surface area contributed by atoms with Crippen LogP contribution in [0.3, 0.4) is 0 Å². The van der Waals surface area contributed by atoms with Gasteiger partial charge in [-0.2, -0.15) is 13.2 Å². The normalized spacial score (nSPS) is 42.6. The van der Waals surface area contributed by atoms with Crippen LogP contribution in [0.5, 0.6) is 0 Å². The summed E-state index contributed by atoms with van der Waals surface area (Å²) in [6.07, 6.45) is 9.77. The maximum absolute atomic E-state index is 13.4. The van der Waals surface area contributed by atoms with Crippen LogP contribution in [0.1, 0.15) is 77.0 Å². The van der Waals surface area contributed by atoms with Crippen LogP contribution in [0, 0.1) is 46.3 Å². The fraction of sp³-hybridized carbons (Fsp3) is 0.923. The van der Waals surface area contributed by atoms with Crippen LogP contribution in [-0.2, 0) is 29.1 Å². The van der Waals surface area contributed by atoms with Crippen LogP contribution in [0.4, 0.5) is 13.2 Å². The lowest BCUT2D eigenvalue weighted by molar-refractivity contribution is -0.186. The number of halogens is 3. The lowest BCUT2D eigenvalue weighted by atomic mass is 9.49. The number of alkyl halides is 3. The topological polar surface area (TPSA) is 98.8 Å². The van der Waals surface area contributed by atoms with Crippen molar-refractivity contribution in [2.45, 2.75) is 88.7 Å². The van der Waals surface area contributed by atoms with Gasteiger partial charge in [-0.15, -0.1) is 0 Å². The molecule has 0 amide bonds. The zero-order valence-electron chi connectivity index (χ0n) is 20.9. The summed E-state index contributed by atoms with van der Waals surface area (Å²) in [6, 6.07) is 0. The quantitative estimate of drug-likeness (QED) is 0.455. The highest BCUT2D eigenvalue weighted by Crippen LogP contribution is 2.61. The third kappa shape index (κ3) is 4.70. The van der Waals surface area contributed by atoms with E-state index in [9.17, 15) is 31.2 Å². The van der Waals surface area contributed by atoms with Crippen molar-refractivity contribution in [2.75, 3.05) is 13.2 Å². The summed E-state index contributed by atoms with van der Waals surface area (Å²) in [5, 5.41) is 0. The Hall–Kier alpha value is -1.36. The molecule has 0 aromatic rings. The highest BCUT2D eigenvalue weighted by molar-refractivity contribution is 7.90. The Balaban J connectivity index is 1.14. The van der Waals surface area contributed by atoms with Gasteiger partial charge in [0, 0.05) is 0 Å². The highest BCUT2D eigenvalue weighted by atomic mass is 32.2. The fourth-order valence-corrected chi connectivity index (χ4v) is 10.3. The number of esters is 2. The molecular formula is C26H36F3NO6S. The predicted molar refractivity (Wildman–Crippen MR) is 125 cm³/mol. The molecule has 0 radical (unpaired) electrons. The van der Waals surface area contributed by atoms with Crippen LogP contribution in [0.25, 0.3) is 0 Å². The van der Waals surface area contributed by atoms with E-state index in [0.717, 1.165) is 57.8 Å². The molecule has 8 fully saturated rings. The molecule has 0 aliphatic heterocycles. The molecule has 8 aliphatic rings. The minimum Gasteiger partial charge on any atom is -0.461 e. The third-order valence-electron chi connectivity index (χ3n) is 10.4. The molecule has 0 heterocycles. The average Bonchev–Trinajstić information content (AvgIpc) is 2.78. The monoisotopic (exact) mass is 547 g/mol. The Morgan fingerprint density at radius 3 is 1.51 bits per heavy atom. The van der Waals surface area contributed by atoms with E-state index in [4.69, 9.17) is 9.47 Å². The highest BCUT2D eigenvalue weighted by Gasteiger charge is 2.57. The summed E-state index contributed by atoms with van der Waals surface area (Å²) in [6.45, 7) is -1.26. The first kappa shape index (κ1) is 25.9. The number of ether oxygens (including phenoxy) is 2. The molecule has 0 saturated heterocycles. The molecule has 37 heavy (non-hydrogen) atoms. The molecule has 8 rings (SSSR count). The zero-order chi connectivity index (χ0) is 26.2. The lowest BCUT2D eigenvalue weighted by Gasteiger charge is -2.55. The molecule has 8 bridgehead atoms. The minimum absolute atomic E-state index is 0.388. The average molecular weight is 548 g/mol. The molecule has 0 spiro atoms. The zero-order valence-corrected chi connectivity index (χ0v) is 21.7. The molecule has 208 valence electrons. The first-order chi connectivity index (χ1) is 17.3. The molecular weight excluding hydrogens is 511 g/mol. The predicted octanol–water partition coefficient (Wildman–Crippen LogP) is 4.31. The van der Waals surface area contributed by atoms with Crippen molar-refractivity contribution < 1.29 is 40.7 Å². The second-order valence-corrected chi connectivity index (χ2v) is 15.1. The van der Waals surface area contributed by atoms with E-state index in [1.54, 1.807) is 0 Å². The maximum atomic E-state index is 13.4. The number of carbonyl (C=O) groups excluding carboxylic acids is 2. The molecule has 8 aliphatic carbocycles. The molecule has 1 unspecified atom stereocenters. The summed E-state index contributed by atoms with van der Waals surface area (Å²) in [4.78, 5) is 26.7. The van der Waals surface area contributed by atoms with Crippen LogP contribution in [0.2, 0.25) is 0 Å². The number of hydrogen-bond donors (Lipinski definition) is 1. The van der Waals surface area contributed by atoms with Crippen LogP contribution >= 0.6 is 0 Å². The van der Waals surface area contributed by atoms with Gasteiger partial charge in [0.2, 0.25) is 0 Å². The number of nitrogens with one attached hydrogen (secondary N) is 1. The van der Waals surface area contributed by atoms with Crippen LogP contribution in [-0.4, -0.2) is 45.1 Å². The van der Waals surface area contributed by atoms with Gasteiger partial charge < -0.3 is 9.47 Å². The van der Waals surface area contributed by atoms with Crippen molar-refractivity contribution in [3.63, 3.8) is 0 Å². The van der Waals surface area contributed by atoms with Crippen LogP contribution < -0.4 is 4.72 Å². The van der Waals surface area contributed by atoms with Gasteiger partial charge in [-0.05, 0) is 113 Å². The smallest absolute Gasteiger partial charge is 0.461 e. The third-order valence-corrected chi connectivity index (χ3v) is 11.6. The van der Waals surface area contributed by atoms with Gasteiger partial charge in [0.15, 0.2) is 0 Å². The van der Waals surface area contributed by atoms with E-state index in [1.807, 2.05) is 0 Å². The van der Waals surface area contributed by atoms with E-state index in [0.29, 0.717) is 54.8 Å². The molecule has 1 N–H and O–H groups in total. The Bertz CT molecular complexity index is 986. The van der Waals surface area contributed by atoms with E-state index < -0.39 is 51.6 Å². The Labute approximate surface area is 215 Å². The van der Waals surface area contributed by atoms with Gasteiger partial charge >= 0.3 is 27.5 Å². The lowest BCUT2D eigenvalue weighted by Crippen LogP contribution is -2.53. The Kier molecular flexibility index (Phi) is 6.18. The largest absolute Gasteiger partial charge is 0.511 e. The van der Waals surface area contributed by atoms with Crippen molar-refractivity contribution in [3.8, 4) is 0 Å². The number of rotatable bonds is 8. The van der Waals surface area contributed by atoms with Crippen molar-refractivity contribution >= 4 is 22.0 Å². The van der Waals surface area contributed by atoms with Gasteiger partial charge in [-0.25, -0.2) is 13.1 Å². The van der Waals surface area contributed by atoms with E-state index in [1.165, 1.54) is 4.72 Å². The Morgan fingerprint density at radius 1 is 0.757 bits per heavy atom. The molecule has 11 heteroatoms. The van der Waals surface area contributed by atoms with E-state index in [-0.39, 0.29) is 5.97 Å². The van der Waals surface area contributed by atoms with Gasteiger partial charge in [-0.1, -0.05) is 0 Å². The summed E-state index contributed by atoms with van der Waals surface area (Å²) in [5.41, 5.74) is -6.73. The number of sulfonamides is 1. The molecule has 0 aromatic carbocycles. The van der Waals surface area contributed by atoms with Gasteiger partial charge in [0.05, 0.1) is 17.4 Å². The number of carbonyl (C=O) groups is 2. The van der Waals surface area contributed by atoms with Crippen molar-refractivity contribution in [2.24, 2.45) is 46.3 Å². The van der Waals surface area contributed by atoms with Crippen molar-refractivity contribution in [1.82, 2.24) is 4.72 Å². The van der Waals surface area contributed by atoms with E-state index >= 15 is 0 Å². The maximum Gasteiger partial charge on any atom is 0.511 e. The first-order valence-electron chi connectivity index (χ1n) is 13.8. The summed E-state index contributed by atoms with van der Waals surface area (Å²) in [5.74, 6) is 1.99. The van der Waals surface area contributed by atoms with Gasteiger partial charge in [-0.3, -0.25) is 9.59 Å². The first-order valence-corrected chi connectivity index (χ1v) is 15.3. The SMILES string of the molecule is O=C(OCC(CNS(=O)(=O)C(F)(F)F)OC(=O)C12CC3CC(CC(C3)C1)C2)C12CC3CC(CC(C3)C1)C2. The van der Waals surface area contributed by atoms with Gasteiger partial charge in [0.1, 0.15) is 12.7 Å². The molecule has 7 nitrogen and oxygen atoms in total. The minimum atomic E-state index is -5.63. The number of hydrogen-bond acceptors (Lipinski definition) is 6. The standard InChI is InChI=1S/C26H36F3NO6S/c27-26(28,29)37(33,34)30-13-21(36-23(32)25-10-18-4-19(11-25)6-20(5-18)12-25)14-35-22(31)24-7-15-1-16(8-24)3-17(2-15)9-24/h15-21,30H,1-14H2. The van der Waals surface area contributed by atoms with Crippen molar-refractivity contribution in [1.29, 1.82) is 0 Å². The Morgan fingerprint density at radius 2 is 1.14 bits per heavy atom. The second kappa shape index (κ2) is 8.83. The summed E-state index contributed by atoms with van der Waals surface area (Å²) >= 11 is 0. The fourth-order valence-electron chi connectivity index (χ4n) is 9.74. The second-order valence-electron chi connectivity index (χ2n) is 13.3.